The maximum Gasteiger partial charge on any atom is 0.417 e. The lowest BCUT2D eigenvalue weighted by Crippen LogP contribution is -2.63. The van der Waals surface area contributed by atoms with Gasteiger partial charge >= 0.3 is 6.18 Å². The smallest absolute Gasteiger partial charge is 0.393 e. The van der Waals surface area contributed by atoms with E-state index in [1.54, 1.807) is 6.07 Å². The molecular formula is C22H18Cl2F3N3O3S. The maximum atomic E-state index is 13.3. The average Bonchev–Trinajstić information content (AvgIpc) is 3.22. The van der Waals surface area contributed by atoms with Crippen LogP contribution >= 0.6 is 23.2 Å². The highest BCUT2D eigenvalue weighted by Gasteiger charge is 2.51. The van der Waals surface area contributed by atoms with Crippen LogP contribution in [0.3, 0.4) is 0 Å². The lowest BCUT2D eigenvalue weighted by Gasteiger charge is -2.52. The number of piperidine rings is 1. The maximum absolute atomic E-state index is 13.3. The minimum absolute atomic E-state index is 0.0618. The predicted molar refractivity (Wildman–Crippen MR) is 121 cm³/mol. The molecule has 0 saturated carbocycles. The Labute approximate surface area is 203 Å². The van der Waals surface area contributed by atoms with Crippen molar-refractivity contribution in [1.82, 2.24) is 14.3 Å². The number of H-pyrrole nitrogens is 1. The van der Waals surface area contributed by atoms with Crippen LogP contribution in [0.1, 0.15) is 24.8 Å². The molecule has 3 aromatic rings. The number of benzene rings is 2. The van der Waals surface area contributed by atoms with Gasteiger partial charge in [0.2, 0.25) is 10.0 Å². The van der Waals surface area contributed by atoms with E-state index < -0.39 is 32.9 Å². The molecule has 2 aliphatic rings. The van der Waals surface area contributed by atoms with Gasteiger partial charge in [-0.25, -0.2) is 13.4 Å². The van der Waals surface area contributed by atoms with E-state index >= 15 is 0 Å². The number of hydrogen-bond donors (Lipinski definition) is 2. The van der Waals surface area contributed by atoms with Gasteiger partial charge in [-0.15, -0.1) is 0 Å². The normalized spacial score (nSPS) is 23.1. The van der Waals surface area contributed by atoms with E-state index in [1.165, 1.54) is 34.8 Å². The highest BCUT2D eigenvalue weighted by atomic mass is 35.5. The topological polar surface area (TPSA) is 86.3 Å². The van der Waals surface area contributed by atoms with E-state index in [9.17, 15) is 26.7 Å². The van der Waals surface area contributed by atoms with Crippen molar-refractivity contribution in [3.05, 3.63) is 58.2 Å². The Hall–Kier alpha value is -2.11. The molecule has 6 nitrogen and oxygen atoms in total. The minimum atomic E-state index is -4.56. The van der Waals surface area contributed by atoms with Crippen LogP contribution in [-0.4, -0.2) is 46.0 Å². The Kier molecular flexibility index (Phi) is 5.72. The summed E-state index contributed by atoms with van der Waals surface area (Å²) in [5.74, 6) is 0.318. The van der Waals surface area contributed by atoms with Crippen molar-refractivity contribution >= 4 is 33.2 Å². The quantitative estimate of drug-likeness (QED) is 0.474. The molecule has 2 aliphatic heterocycles. The number of halogens is 5. The SMILES string of the molecule is O=S(=O)(c1cc(-c2ncc(-c3ccc(C(F)(F)F)c(Cl)c3)[nH]2)ccc1Cl)N1C2CC(O)CC1C2. The molecule has 1 aromatic heterocycles. The number of alkyl halides is 3. The first-order valence-corrected chi connectivity index (χ1v) is 12.6. The summed E-state index contributed by atoms with van der Waals surface area (Å²) in [5.41, 5.74) is 0.313. The third kappa shape index (κ3) is 4.01. The fraction of sp³-hybridized carbons (Fsp3) is 0.318. The third-order valence-corrected chi connectivity index (χ3v) is 9.07. The van der Waals surface area contributed by atoms with E-state index in [2.05, 4.69) is 9.97 Å². The number of imidazole rings is 1. The van der Waals surface area contributed by atoms with Crippen LogP contribution in [0.4, 0.5) is 13.2 Å². The first-order chi connectivity index (χ1) is 15.9. The number of nitrogens with one attached hydrogen (secondary N) is 1. The van der Waals surface area contributed by atoms with Crippen molar-refractivity contribution in [2.24, 2.45) is 0 Å². The second-order valence-corrected chi connectivity index (χ2v) is 11.1. The molecule has 0 aliphatic carbocycles. The standard InChI is InChI=1S/C22H18Cl2F3N3O3S/c23-17-4-2-12(6-20(17)34(32,33)30-13-7-14(30)9-15(31)8-13)21-28-10-19(29-21)11-1-3-16(18(24)5-11)22(25,26)27/h1-6,10,13-15,31H,7-9H2,(H,28,29). The molecule has 2 fully saturated rings. The van der Waals surface area contributed by atoms with E-state index in [0.29, 0.717) is 41.9 Å². The fourth-order valence-corrected chi connectivity index (χ4v) is 7.33. The lowest BCUT2D eigenvalue weighted by atomic mass is 9.81. The molecule has 34 heavy (non-hydrogen) atoms. The van der Waals surface area contributed by atoms with Gasteiger partial charge < -0.3 is 10.1 Å². The summed E-state index contributed by atoms with van der Waals surface area (Å²) in [5, 5.41) is 9.48. The van der Waals surface area contributed by atoms with Crippen LogP contribution in [0.2, 0.25) is 10.0 Å². The summed E-state index contributed by atoms with van der Waals surface area (Å²) in [6, 6.07) is 7.35. The summed E-state index contributed by atoms with van der Waals surface area (Å²) in [7, 11) is -3.89. The number of aliphatic hydroxyl groups is 1. The lowest BCUT2D eigenvalue weighted by molar-refractivity contribution is -0.137. The van der Waals surface area contributed by atoms with Crippen LogP contribution in [0.5, 0.6) is 0 Å². The first kappa shape index (κ1) is 23.6. The Bertz CT molecular complexity index is 1370. The van der Waals surface area contributed by atoms with Gasteiger partial charge in [0.1, 0.15) is 10.7 Å². The average molecular weight is 532 g/mol. The molecule has 2 unspecified atom stereocenters. The third-order valence-electron chi connectivity index (χ3n) is 6.27. The van der Waals surface area contributed by atoms with Crippen LogP contribution < -0.4 is 0 Å². The van der Waals surface area contributed by atoms with E-state index in [-0.39, 0.29) is 22.0 Å². The zero-order valence-electron chi connectivity index (χ0n) is 17.4. The van der Waals surface area contributed by atoms with Crippen LogP contribution in [0, 0.1) is 0 Å². The molecule has 2 saturated heterocycles. The summed E-state index contributed by atoms with van der Waals surface area (Å²) in [4.78, 5) is 7.19. The minimum Gasteiger partial charge on any atom is -0.393 e. The van der Waals surface area contributed by atoms with Crippen molar-refractivity contribution in [1.29, 1.82) is 0 Å². The Morgan fingerprint density at radius 3 is 2.32 bits per heavy atom. The molecule has 2 aromatic carbocycles. The van der Waals surface area contributed by atoms with E-state index in [1.807, 2.05) is 0 Å². The van der Waals surface area contributed by atoms with Gasteiger partial charge in [-0.2, -0.15) is 17.5 Å². The second-order valence-electron chi connectivity index (χ2n) is 8.49. The van der Waals surface area contributed by atoms with Crippen molar-refractivity contribution in [2.75, 3.05) is 0 Å². The zero-order valence-corrected chi connectivity index (χ0v) is 19.7. The molecule has 5 rings (SSSR count). The number of nitrogens with zero attached hydrogens (tertiary/aromatic N) is 2. The van der Waals surface area contributed by atoms with Crippen molar-refractivity contribution < 1.29 is 26.7 Å². The number of fused-ring (bicyclic) bond motifs is 2. The number of aliphatic hydroxyl groups excluding tert-OH is 1. The van der Waals surface area contributed by atoms with Gasteiger partial charge in [-0.1, -0.05) is 29.3 Å². The number of aromatic amines is 1. The monoisotopic (exact) mass is 531 g/mol. The van der Waals surface area contributed by atoms with E-state index in [0.717, 1.165) is 6.07 Å². The highest BCUT2D eigenvalue weighted by Crippen LogP contribution is 2.44. The molecule has 3 heterocycles. The number of rotatable bonds is 4. The largest absolute Gasteiger partial charge is 0.417 e. The molecular weight excluding hydrogens is 514 g/mol. The molecule has 2 bridgehead atoms. The van der Waals surface area contributed by atoms with Crippen LogP contribution in [0.25, 0.3) is 22.6 Å². The Balaban J connectivity index is 1.46. The van der Waals surface area contributed by atoms with Crippen molar-refractivity contribution in [3.8, 4) is 22.6 Å². The van der Waals surface area contributed by atoms with Gasteiger partial charge in [0.05, 0.1) is 33.6 Å². The van der Waals surface area contributed by atoms with Gasteiger partial charge in [0.15, 0.2) is 0 Å². The summed E-state index contributed by atoms with van der Waals surface area (Å²) < 4.78 is 67.0. The van der Waals surface area contributed by atoms with Crippen LogP contribution in [-0.2, 0) is 16.2 Å². The van der Waals surface area contributed by atoms with Crippen molar-refractivity contribution in [3.63, 3.8) is 0 Å². The zero-order chi connectivity index (χ0) is 24.4. The van der Waals surface area contributed by atoms with Crippen molar-refractivity contribution in [2.45, 2.75) is 48.5 Å². The first-order valence-electron chi connectivity index (χ1n) is 10.4. The molecule has 0 spiro atoms. The Morgan fingerprint density at radius 2 is 1.68 bits per heavy atom. The molecule has 0 radical (unpaired) electrons. The number of aromatic nitrogens is 2. The summed E-state index contributed by atoms with van der Waals surface area (Å²) in [6.45, 7) is 0. The molecule has 180 valence electrons. The summed E-state index contributed by atoms with van der Waals surface area (Å²) >= 11 is 12.1. The Morgan fingerprint density at radius 1 is 1.00 bits per heavy atom. The molecule has 0 amide bonds. The predicted octanol–water partition coefficient (Wildman–Crippen LogP) is 5.36. The second kappa shape index (κ2) is 8.23. The van der Waals surface area contributed by atoms with Gasteiger partial charge in [-0.3, -0.25) is 0 Å². The number of hydrogen-bond acceptors (Lipinski definition) is 4. The highest BCUT2D eigenvalue weighted by molar-refractivity contribution is 7.89. The van der Waals surface area contributed by atoms with Gasteiger partial charge in [0, 0.05) is 23.2 Å². The number of sulfonamides is 1. The molecule has 2 atom stereocenters. The van der Waals surface area contributed by atoms with E-state index in [4.69, 9.17) is 23.2 Å². The molecule has 2 N–H and O–H groups in total. The van der Waals surface area contributed by atoms with Gasteiger partial charge in [0.25, 0.3) is 0 Å². The summed E-state index contributed by atoms with van der Waals surface area (Å²) in [6.07, 6.45) is -2.14. The van der Waals surface area contributed by atoms with Gasteiger partial charge in [-0.05, 0) is 49.6 Å². The fourth-order valence-electron chi connectivity index (χ4n) is 4.69. The molecule has 12 heteroatoms. The van der Waals surface area contributed by atoms with Crippen LogP contribution in [0.15, 0.2) is 47.5 Å².